The molecule has 3 rings (SSSR count). The average molecular weight is 288 g/mol. The van der Waals surface area contributed by atoms with Crippen molar-refractivity contribution >= 4 is 5.97 Å². The Morgan fingerprint density at radius 1 is 1.14 bits per heavy atom. The number of aliphatic hydroxyl groups excluding tert-OH is 1. The number of aryl methyl sites for hydroxylation is 1. The summed E-state index contributed by atoms with van der Waals surface area (Å²) >= 11 is 0. The molecule has 1 aliphatic heterocycles. The lowest BCUT2D eigenvalue weighted by atomic mass is 9.87. The third kappa shape index (κ3) is 3.46. The van der Waals surface area contributed by atoms with E-state index in [1.165, 1.54) is 18.4 Å². The van der Waals surface area contributed by atoms with Crippen LogP contribution in [0.4, 0.5) is 0 Å². The molecular formula is C18H24O3. The van der Waals surface area contributed by atoms with Crippen LogP contribution in [0.25, 0.3) is 0 Å². The molecule has 1 aromatic carbocycles. The van der Waals surface area contributed by atoms with Crippen LogP contribution < -0.4 is 0 Å². The molecule has 21 heavy (non-hydrogen) atoms. The summed E-state index contributed by atoms with van der Waals surface area (Å²) in [6.07, 6.45) is 6.52. The van der Waals surface area contributed by atoms with Gasteiger partial charge in [0.15, 0.2) is 0 Å². The largest absolute Gasteiger partial charge is 0.462 e. The van der Waals surface area contributed by atoms with Crippen molar-refractivity contribution in [2.75, 3.05) is 0 Å². The topological polar surface area (TPSA) is 46.5 Å². The molecule has 1 heterocycles. The fourth-order valence-electron chi connectivity index (χ4n) is 3.91. The van der Waals surface area contributed by atoms with E-state index < -0.39 is 0 Å². The molecule has 1 aliphatic carbocycles. The zero-order valence-electron chi connectivity index (χ0n) is 12.4. The summed E-state index contributed by atoms with van der Waals surface area (Å²) in [6, 6.07) is 10.6. The molecule has 2 aliphatic rings. The number of unbranched alkanes of at least 4 members (excludes halogenated alkanes) is 2. The molecule has 1 saturated heterocycles. The van der Waals surface area contributed by atoms with Crippen molar-refractivity contribution in [3.8, 4) is 0 Å². The van der Waals surface area contributed by atoms with E-state index in [9.17, 15) is 9.90 Å². The Bertz CT molecular complexity index is 471. The number of esters is 1. The summed E-state index contributed by atoms with van der Waals surface area (Å²) in [6.45, 7) is 0. The number of ether oxygens (including phenoxy) is 1. The van der Waals surface area contributed by atoms with Crippen LogP contribution in [0.3, 0.4) is 0 Å². The Morgan fingerprint density at radius 2 is 1.95 bits per heavy atom. The van der Waals surface area contributed by atoms with Crippen LogP contribution in [-0.2, 0) is 16.0 Å². The second kappa shape index (κ2) is 6.61. The Balaban J connectivity index is 1.38. The Hall–Kier alpha value is -1.35. The Morgan fingerprint density at radius 3 is 2.76 bits per heavy atom. The van der Waals surface area contributed by atoms with E-state index in [4.69, 9.17) is 4.74 Å². The van der Waals surface area contributed by atoms with E-state index >= 15 is 0 Å². The van der Waals surface area contributed by atoms with Crippen LogP contribution in [0.1, 0.15) is 44.1 Å². The third-order valence-electron chi connectivity index (χ3n) is 5.03. The van der Waals surface area contributed by atoms with Crippen LogP contribution in [0.5, 0.6) is 0 Å². The molecule has 0 unspecified atom stereocenters. The maximum Gasteiger partial charge on any atom is 0.306 e. The van der Waals surface area contributed by atoms with Crippen molar-refractivity contribution in [3.63, 3.8) is 0 Å². The van der Waals surface area contributed by atoms with Crippen molar-refractivity contribution in [3.05, 3.63) is 35.9 Å². The molecule has 4 atom stereocenters. The summed E-state index contributed by atoms with van der Waals surface area (Å²) in [5, 5.41) is 10.1. The minimum Gasteiger partial charge on any atom is -0.462 e. The van der Waals surface area contributed by atoms with Crippen LogP contribution >= 0.6 is 0 Å². The molecule has 0 amide bonds. The number of hydrogen-bond acceptors (Lipinski definition) is 3. The standard InChI is InChI=1S/C18H24O3/c19-16-12-17-15(11-18(20)21-17)14(16)10-6-2-5-9-13-7-3-1-4-8-13/h1,3-4,7-8,14-17,19H,2,5-6,9-12H2/t14-,15-,16-,17+/m1/s1. The molecule has 2 fully saturated rings. The highest BCUT2D eigenvalue weighted by molar-refractivity contribution is 5.72. The first-order valence-corrected chi connectivity index (χ1v) is 8.15. The SMILES string of the molecule is O=C1C[C@@H]2[C@@H](CCCCCc3ccccc3)[C@H](O)C[C@@H]2O1. The zero-order chi connectivity index (χ0) is 14.7. The summed E-state index contributed by atoms with van der Waals surface area (Å²) in [4.78, 5) is 11.3. The lowest BCUT2D eigenvalue weighted by Gasteiger charge is -2.18. The molecule has 3 nitrogen and oxygen atoms in total. The molecule has 1 aromatic rings. The molecule has 0 radical (unpaired) electrons. The normalized spacial score (nSPS) is 31.2. The Kier molecular flexibility index (Phi) is 4.59. The first kappa shape index (κ1) is 14.6. The first-order valence-electron chi connectivity index (χ1n) is 8.15. The second-order valence-corrected chi connectivity index (χ2v) is 6.45. The van der Waals surface area contributed by atoms with E-state index in [2.05, 4.69) is 24.3 Å². The predicted octanol–water partition coefficient (Wildman–Crippen LogP) is 3.10. The lowest BCUT2D eigenvalue weighted by Crippen LogP contribution is -2.20. The van der Waals surface area contributed by atoms with Gasteiger partial charge in [-0.05, 0) is 30.7 Å². The van der Waals surface area contributed by atoms with Crippen molar-refractivity contribution in [2.24, 2.45) is 11.8 Å². The van der Waals surface area contributed by atoms with E-state index in [0.29, 0.717) is 12.8 Å². The molecule has 3 heteroatoms. The average Bonchev–Trinajstić information content (AvgIpc) is 2.96. The molecule has 1 N–H and O–H groups in total. The quantitative estimate of drug-likeness (QED) is 0.646. The van der Waals surface area contributed by atoms with Gasteiger partial charge in [0.25, 0.3) is 0 Å². The number of hydrogen-bond donors (Lipinski definition) is 1. The Labute approximate surface area is 126 Å². The predicted molar refractivity (Wildman–Crippen MR) is 80.7 cm³/mol. The van der Waals surface area contributed by atoms with Gasteiger partial charge in [0.1, 0.15) is 6.10 Å². The van der Waals surface area contributed by atoms with Gasteiger partial charge in [0.05, 0.1) is 12.5 Å². The number of fused-ring (bicyclic) bond motifs is 1. The fourth-order valence-corrected chi connectivity index (χ4v) is 3.91. The minimum atomic E-state index is -0.276. The maximum absolute atomic E-state index is 11.3. The maximum atomic E-state index is 11.3. The molecule has 114 valence electrons. The van der Waals surface area contributed by atoms with E-state index in [0.717, 1.165) is 19.3 Å². The van der Waals surface area contributed by atoms with Gasteiger partial charge < -0.3 is 9.84 Å². The minimum absolute atomic E-state index is 0.0122. The smallest absolute Gasteiger partial charge is 0.306 e. The van der Waals surface area contributed by atoms with Crippen molar-refractivity contribution < 1.29 is 14.6 Å². The van der Waals surface area contributed by atoms with Gasteiger partial charge in [0.2, 0.25) is 0 Å². The molecular weight excluding hydrogens is 264 g/mol. The van der Waals surface area contributed by atoms with Crippen molar-refractivity contribution in [2.45, 2.75) is 57.2 Å². The molecule has 0 spiro atoms. The number of rotatable bonds is 6. The van der Waals surface area contributed by atoms with Crippen LogP contribution in [0.2, 0.25) is 0 Å². The number of aliphatic hydroxyl groups is 1. The van der Waals surface area contributed by atoms with Gasteiger partial charge in [-0.15, -0.1) is 0 Å². The number of benzene rings is 1. The lowest BCUT2D eigenvalue weighted by molar-refractivity contribution is -0.141. The summed E-state index contributed by atoms with van der Waals surface area (Å²) in [7, 11) is 0. The van der Waals surface area contributed by atoms with Crippen LogP contribution in [-0.4, -0.2) is 23.3 Å². The first-order chi connectivity index (χ1) is 10.2. The summed E-state index contributed by atoms with van der Waals surface area (Å²) < 4.78 is 5.27. The fraction of sp³-hybridized carbons (Fsp3) is 0.611. The van der Waals surface area contributed by atoms with Gasteiger partial charge in [-0.1, -0.05) is 43.2 Å². The van der Waals surface area contributed by atoms with Crippen molar-refractivity contribution in [1.82, 2.24) is 0 Å². The van der Waals surface area contributed by atoms with Gasteiger partial charge >= 0.3 is 5.97 Å². The van der Waals surface area contributed by atoms with E-state index in [1.807, 2.05) is 6.07 Å². The third-order valence-corrected chi connectivity index (χ3v) is 5.03. The molecule has 0 bridgehead atoms. The van der Waals surface area contributed by atoms with Gasteiger partial charge in [-0.2, -0.15) is 0 Å². The molecule has 0 aromatic heterocycles. The van der Waals surface area contributed by atoms with E-state index in [1.54, 1.807) is 0 Å². The zero-order valence-corrected chi connectivity index (χ0v) is 12.4. The van der Waals surface area contributed by atoms with Gasteiger partial charge in [-0.25, -0.2) is 0 Å². The summed E-state index contributed by atoms with van der Waals surface area (Å²) in [5.74, 6) is 0.450. The second-order valence-electron chi connectivity index (χ2n) is 6.45. The number of carbonyl (C=O) groups is 1. The highest BCUT2D eigenvalue weighted by Gasteiger charge is 2.48. The highest BCUT2D eigenvalue weighted by Crippen LogP contribution is 2.43. The van der Waals surface area contributed by atoms with Gasteiger partial charge in [-0.3, -0.25) is 4.79 Å². The van der Waals surface area contributed by atoms with Crippen LogP contribution in [0, 0.1) is 11.8 Å². The van der Waals surface area contributed by atoms with Crippen molar-refractivity contribution in [1.29, 1.82) is 0 Å². The van der Waals surface area contributed by atoms with Crippen LogP contribution in [0.15, 0.2) is 30.3 Å². The van der Waals surface area contributed by atoms with E-state index in [-0.39, 0.29) is 30.0 Å². The highest BCUT2D eigenvalue weighted by atomic mass is 16.6. The van der Waals surface area contributed by atoms with Gasteiger partial charge in [0, 0.05) is 12.3 Å². The molecule has 1 saturated carbocycles. The number of carbonyl (C=O) groups excluding carboxylic acids is 1. The summed E-state index contributed by atoms with van der Waals surface area (Å²) in [5.41, 5.74) is 1.40. The monoisotopic (exact) mass is 288 g/mol.